The molecule has 0 aliphatic heterocycles. The van der Waals surface area contributed by atoms with Crippen molar-refractivity contribution in [2.24, 2.45) is 5.73 Å². The molecule has 0 atom stereocenters. The van der Waals surface area contributed by atoms with Crippen molar-refractivity contribution in [3.05, 3.63) is 24.5 Å². The summed E-state index contributed by atoms with van der Waals surface area (Å²) in [5.74, 6) is 0.857. The van der Waals surface area contributed by atoms with Crippen LogP contribution in [0.25, 0.3) is 11.5 Å². The second kappa shape index (κ2) is 2.78. The molecule has 0 saturated heterocycles. The summed E-state index contributed by atoms with van der Waals surface area (Å²) in [5.41, 5.74) is 6.06. The Kier molecular flexibility index (Phi) is 1.64. The highest BCUT2D eigenvalue weighted by molar-refractivity contribution is 5.49. The van der Waals surface area contributed by atoms with E-state index in [1.165, 1.54) is 6.26 Å². The highest BCUT2D eigenvalue weighted by Gasteiger charge is 2.07. The predicted molar refractivity (Wildman–Crippen MR) is 39.9 cm³/mol. The average Bonchev–Trinajstić information content (AvgIpc) is 2.75. The second-order valence-electron chi connectivity index (χ2n) is 2.22. The fourth-order valence-electron chi connectivity index (χ4n) is 0.839. The number of aromatic nitrogens is 2. The highest BCUT2D eigenvalue weighted by Crippen LogP contribution is 2.17. The molecule has 0 radical (unpaired) electrons. The van der Waals surface area contributed by atoms with Gasteiger partial charge < -0.3 is 14.6 Å². The van der Waals surface area contributed by atoms with Crippen molar-refractivity contribution in [3.63, 3.8) is 0 Å². The van der Waals surface area contributed by atoms with Gasteiger partial charge in [0, 0.05) is 0 Å². The molecule has 62 valence electrons. The Balaban J connectivity index is 2.35. The first-order valence-corrected chi connectivity index (χ1v) is 3.45. The summed E-state index contributed by atoms with van der Waals surface area (Å²) >= 11 is 0. The molecule has 0 amide bonds. The van der Waals surface area contributed by atoms with Gasteiger partial charge in [-0.1, -0.05) is 0 Å². The van der Waals surface area contributed by atoms with Crippen molar-refractivity contribution in [1.29, 1.82) is 0 Å². The largest absolute Gasteiger partial charge is 0.472 e. The van der Waals surface area contributed by atoms with E-state index in [1.54, 1.807) is 12.3 Å². The van der Waals surface area contributed by atoms with E-state index in [1.807, 2.05) is 0 Å². The SMILES string of the molecule is NCc1nnc(-c2ccoc2)o1. The topological polar surface area (TPSA) is 78.1 Å². The summed E-state index contributed by atoms with van der Waals surface area (Å²) < 4.78 is 10.0. The zero-order valence-corrected chi connectivity index (χ0v) is 6.23. The van der Waals surface area contributed by atoms with Crippen LogP contribution in [0.3, 0.4) is 0 Å². The first-order valence-electron chi connectivity index (χ1n) is 3.45. The van der Waals surface area contributed by atoms with Crippen LogP contribution in [-0.2, 0) is 6.54 Å². The molecule has 2 aromatic heterocycles. The molecular formula is C7H7N3O2. The van der Waals surface area contributed by atoms with Crippen LogP contribution in [0.4, 0.5) is 0 Å². The Morgan fingerprint density at radius 3 is 2.92 bits per heavy atom. The van der Waals surface area contributed by atoms with E-state index in [9.17, 15) is 0 Å². The minimum Gasteiger partial charge on any atom is -0.472 e. The van der Waals surface area contributed by atoms with Gasteiger partial charge in [0.2, 0.25) is 5.89 Å². The van der Waals surface area contributed by atoms with Crippen LogP contribution >= 0.6 is 0 Å². The number of rotatable bonds is 2. The van der Waals surface area contributed by atoms with Gasteiger partial charge in [0.05, 0.1) is 18.4 Å². The minimum atomic E-state index is 0.255. The molecule has 2 rings (SSSR count). The highest BCUT2D eigenvalue weighted by atomic mass is 16.4. The Morgan fingerprint density at radius 2 is 2.33 bits per heavy atom. The van der Waals surface area contributed by atoms with Crippen LogP contribution < -0.4 is 5.73 Å². The zero-order valence-electron chi connectivity index (χ0n) is 6.23. The van der Waals surface area contributed by atoms with E-state index in [2.05, 4.69) is 10.2 Å². The molecule has 5 heteroatoms. The Labute approximate surface area is 68.2 Å². The van der Waals surface area contributed by atoms with E-state index < -0.39 is 0 Å². The van der Waals surface area contributed by atoms with Crippen molar-refractivity contribution < 1.29 is 8.83 Å². The summed E-state index contributed by atoms with van der Waals surface area (Å²) in [7, 11) is 0. The Morgan fingerprint density at radius 1 is 1.42 bits per heavy atom. The van der Waals surface area contributed by atoms with Crippen LogP contribution in [0, 0.1) is 0 Å². The molecule has 5 nitrogen and oxygen atoms in total. The summed E-state index contributed by atoms with van der Waals surface area (Å²) in [5, 5.41) is 7.48. The number of furan rings is 1. The Bertz CT molecular complexity index is 352. The molecule has 2 N–H and O–H groups in total. The maximum absolute atomic E-state index is 5.30. The van der Waals surface area contributed by atoms with Gasteiger partial charge in [-0.3, -0.25) is 0 Å². The van der Waals surface area contributed by atoms with Gasteiger partial charge in [-0.25, -0.2) is 0 Å². The van der Waals surface area contributed by atoms with E-state index in [-0.39, 0.29) is 6.54 Å². The van der Waals surface area contributed by atoms with E-state index >= 15 is 0 Å². The van der Waals surface area contributed by atoms with Gasteiger partial charge in [-0.05, 0) is 6.07 Å². The third-order valence-electron chi connectivity index (χ3n) is 1.41. The van der Waals surface area contributed by atoms with Crippen molar-refractivity contribution >= 4 is 0 Å². The van der Waals surface area contributed by atoms with Gasteiger partial charge in [0.25, 0.3) is 5.89 Å². The fraction of sp³-hybridized carbons (Fsp3) is 0.143. The third kappa shape index (κ3) is 1.10. The lowest BCUT2D eigenvalue weighted by molar-refractivity contribution is 0.506. The zero-order chi connectivity index (χ0) is 8.39. The predicted octanol–water partition coefficient (Wildman–Crippen LogP) is 0.788. The molecule has 0 bridgehead atoms. The molecule has 12 heavy (non-hydrogen) atoms. The van der Waals surface area contributed by atoms with E-state index in [4.69, 9.17) is 14.6 Å². The van der Waals surface area contributed by atoms with Crippen molar-refractivity contribution in [2.45, 2.75) is 6.54 Å². The van der Waals surface area contributed by atoms with Gasteiger partial charge in [0.15, 0.2) is 0 Å². The lowest BCUT2D eigenvalue weighted by atomic mass is 10.3. The standard InChI is InChI=1S/C7H7N3O2/c8-3-6-9-10-7(12-6)5-1-2-11-4-5/h1-2,4H,3,8H2. The van der Waals surface area contributed by atoms with Crippen molar-refractivity contribution in [1.82, 2.24) is 10.2 Å². The lowest BCUT2D eigenvalue weighted by Crippen LogP contribution is -1.95. The molecule has 2 heterocycles. The van der Waals surface area contributed by atoms with Crippen molar-refractivity contribution in [3.8, 4) is 11.5 Å². The van der Waals surface area contributed by atoms with Crippen LogP contribution in [0.2, 0.25) is 0 Å². The molecule has 0 aromatic carbocycles. The lowest BCUT2D eigenvalue weighted by Gasteiger charge is -1.83. The second-order valence-corrected chi connectivity index (χ2v) is 2.22. The molecule has 0 saturated carbocycles. The van der Waals surface area contributed by atoms with Gasteiger partial charge in [-0.2, -0.15) is 0 Å². The van der Waals surface area contributed by atoms with Crippen molar-refractivity contribution in [2.75, 3.05) is 0 Å². The summed E-state index contributed by atoms with van der Waals surface area (Å²) in [4.78, 5) is 0. The fourth-order valence-corrected chi connectivity index (χ4v) is 0.839. The van der Waals surface area contributed by atoms with Gasteiger partial charge in [0.1, 0.15) is 6.26 Å². The van der Waals surface area contributed by atoms with Crippen LogP contribution in [-0.4, -0.2) is 10.2 Å². The monoisotopic (exact) mass is 165 g/mol. The van der Waals surface area contributed by atoms with Gasteiger partial charge >= 0.3 is 0 Å². The minimum absolute atomic E-state index is 0.255. The van der Waals surface area contributed by atoms with Crippen LogP contribution in [0.15, 0.2) is 27.4 Å². The first-order chi connectivity index (χ1) is 5.90. The smallest absolute Gasteiger partial charge is 0.251 e. The normalized spacial score (nSPS) is 10.4. The molecule has 0 aliphatic carbocycles. The van der Waals surface area contributed by atoms with E-state index in [0.29, 0.717) is 11.8 Å². The number of hydrogen-bond acceptors (Lipinski definition) is 5. The quantitative estimate of drug-likeness (QED) is 0.711. The number of hydrogen-bond donors (Lipinski definition) is 1. The summed E-state index contributed by atoms with van der Waals surface area (Å²) in [6.45, 7) is 0.255. The Hall–Kier alpha value is -1.62. The average molecular weight is 165 g/mol. The van der Waals surface area contributed by atoms with E-state index in [0.717, 1.165) is 5.56 Å². The van der Waals surface area contributed by atoms with Crippen LogP contribution in [0.5, 0.6) is 0 Å². The number of nitrogens with zero attached hydrogens (tertiary/aromatic N) is 2. The molecule has 0 spiro atoms. The number of nitrogens with two attached hydrogens (primary N) is 1. The maximum atomic E-state index is 5.30. The molecule has 0 aliphatic rings. The third-order valence-corrected chi connectivity index (χ3v) is 1.41. The molecule has 2 aromatic rings. The summed E-state index contributed by atoms with van der Waals surface area (Å²) in [6, 6.07) is 1.74. The maximum Gasteiger partial charge on any atom is 0.251 e. The molecule has 0 fully saturated rings. The van der Waals surface area contributed by atoms with Gasteiger partial charge in [-0.15, -0.1) is 10.2 Å². The molecule has 0 unspecified atom stereocenters. The first kappa shape index (κ1) is 7.05. The summed E-state index contributed by atoms with van der Waals surface area (Å²) in [6.07, 6.45) is 3.08. The van der Waals surface area contributed by atoms with Crippen LogP contribution in [0.1, 0.15) is 5.89 Å². The molecular weight excluding hydrogens is 158 g/mol.